The van der Waals surface area contributed by atoms with Crippen LogP contribution in [-0.4, -0.2) is 23.1 Å². The van der Waals surface area contributed by atoms with E-state index in [9.17, 15) is 9.59 Å². The molecule has 1 heterocycles. The van der Waals surface area contributed by atoms with Crippen LogP contribution in [-0.2, 0) is 4.79 Å². The van der Waals surface area contributed by atoms with E-state index in [1.54, 1.807) is 19.9 Å². The molecule has 1 unspecified atom stereocenters. The van der Waals surface area contributed by atoms with Gasteiger partial charge in [0, 0.05) is 5.56 Å². The van der Waals surface area contributed by atoms with Crippen LogP contribution < -0.4 is 15.6 Å². The van der Waals surface area contributed by atoms with Gasteiger partial charge in [-0.3, -0.25) is 20.4 Å². The molecular weight excluding hydrogens is 394 g/mol. The second kappa shape index (κ2) is 8.71. The normalized spacial score (nSPS) is 11.7. The second-order valence-electron chi connectivity index (χ2n) is 7.04. The van der Waals surface area contributed by atoms with E-state index in [1.165, 1.54) is 0 Å². The first-order chi connectivity index (χ1) is 15.0. The van der Waals surface area contributed by atoms with Crippen LogP contribution in [0, 0.1) is 6.92 Å². The van der Waals surface area contributed by atoms with Crippen LogP contribution in [0.2, 0.25) is 0 Å². The first-order valence-electron chi connectivity index (χ1n) is 9.80. The maximum absolute atomic E-state index is 12.7. The quantitative estimate of drug-likeness (QED) is 0.480. The summed E-state index contributed by atoms with van der Waals surface area (Å²) < 4.78 is 10.9. The number of hydrogen-bond donors (Lipinski definition) is 2. The number of nitrogens with one attached hydrogen (secondary N) is 2. The van der Waals surface area contributed by atoms with Gasteiger partial charge in [0.05, 0.1) is 0 Å². The van der Waals surface area contributed by atoms with Gasteiger partial charge in [-0.15, -0.1) is 0 Å². The van der Waals surface area contributed by atoms with Gasteiger partial charge in [-0.1, -0.05) is 65.8 Å². The molecule has 4 aromatic rings. The molecule has 1 aromatic heterocycles. The summed E-state index contributed by atoms with van der Waals surface area (Å²) in [4.78, 5) is 25.1. The number of rotatable bonds is 5. The van der Waals surface area contributed by atoms with E-state index in [0.717, 1.165) is 16.3 Å². The van der Waals surface area contributed by atoms with Gasteiger partial charge in [-0.25, -0.2) is 0 Å². The van der Waals surface area contributed by atoms with E-state index in [2.05, 4.69) is 16.0 Å². The van der Waals surface area contributed by atoms with Crippen molar-refractivity contribution in [3.8, 4) is 17.0 Å². The molecule has 0 aliphatic heterocycles. The Balaban J connectivity index is 1.40. The van der Waals surface area contributed by atoms with Crippen LogP contribution in [0.3, 0.4) is 0 Å². The third-order valence-electron chi connectivity index (χ3n) is 4.84. The van der Waals surface area contributed by atoms with Gasteiger partial charge < -0.3 is 9.26 Å². The van der Waals surface area contributed by atoms with Crippen molar-refractivity contribution in [2.45, 2.75) is 20.0 Å². The summed E-state index contributed by atoms with van der Waals surface area (Å²) in [5.74, 6) is -0.0966. The Hall–Kier alpha value is -4.13. The van der Waals surface area contributed by atoms with Gasteiger partial charge in [0.1, 0.15) is 22.8 Å². The highest BCUT2D eigenvalue weighted by Crippen LogP contribution is 2.25. The second-order valence-corrected chi connectivity index (χ2v) is 7.04. The Labute approximate surface area is 179 Å². The number of fused-ring (bicyclic) bond motifs is 1. The predicted molar refractivity (Wildman–Crippen MR) is 116 cm³/mol. The molecule has 7 heteroatoms. The maximum Gasteiger partial charge on any atom is 0.279 e. The van der Waals surface area contributed by atoms with Crippen LogP contribution in [0.15, 0.2) is 77.3 Å². The van der Waals surface area contributed by atoms with Crippen molar-refractivity contribution in [2.75, 3.05) is 0 Å². The Morgan fingerprint density at radius 2 is 1.65 bits per heavy atom. The predicted octanol–water partition coefficient (Wildman–Crippen LogP) is 4.03. The fraction of sp³-hybridized carbons (Fsp3) is 0.125. The monoisotopic (exact) mass is 415 g/mol. The van der Waals surface area contributed by atoms with E-state index in [-0.39, 0.29) is 5.56 Å². The fourth-order valence-electron chi connectivity index (χ4n) is 3.21. The number of aryl methyl sites for hydroxylation is 1. The average molecular weight is 415 g/mol. The summed E-state index contributed by atoms with van der Waals surface area (Å²) in [6, 6.07) is 22.7. The lowest BCUT2D eigenvalue weighted by atomic mass is 10.1. The standard InChI is InChI=1S/C24H21N3O4/c1-15-21(22(27-31-15)18-9-4-3-5-10-18)24(29)26-25-23(28)16(2)30-20-13-12-17-8-6-7-11-19(17)14-20/h3-14,16H,1-2H3,(H,25,28)(H,26,29). The Morgan fingerprint density at radius 1 is 0.935 bits per heavy atom. The number of carbonyl (C=O) groups excluding carboxylic acids is 2. The molecule has 0 radical (unpaired) electrons. The summed E-state index contributed by atoms with van der Waals surface area (Å²) in [7, 11) is 0. The number of ether oxygens (including phenoxy) is 1. The van der Waals surface area contributed by atoms with Crippen molar-refractivity contribution in [2.24, 2.45) is 0 Å². The molecule has 3 aromatic carbocycles. The van der Waals surface area contributed by atoms with Crippen LogP contribution in [0.5, 0.6) is 5.75 Å². The van der Waals surface area contributed by atoms with Gasteiger partial charge in [-0.05, 0) is 36.8 Å². The van der Waals surface area contributed by atoms with E-state index < -0.39 is 17.9 Å². The summed E-state index contributed by atoms with van der Waals surface area (Å²) in [6.07, 6.45) is -0.821. The third-order valence-corrected chi connectivity index (χ3v) is 4.84. The molecule has 0 spiro atoms. The Morgan fingerprint density at radius 3 is 2.42 bits per heavy atom. The number of hydrazine groups is 1. The molecule has 156 valence electrons. The summed E-state index contributed by atoms with van der Waals surface area (Å²) in [5, 5.41) is 6.07. The van der Waals surface area contributed by atoms with Gasteiger partial charge in [0.15, 0.2) is 6.10 Å². The van der Waals surface area contributed by atoms with Crippen molar-refractivity contribution in [3.63, 3.8) is 0 Å². The van der Waals surface area contributed by atoms with Crippen molar-refractivity contribution in [1.82, 2.24) is 16.0 Å². The molecule has 0 aliphatic carbocycles. The minimum absolute atomic E-state index is 0.259. The molecule has 0 saturated heterocycles. The lowest BCUT2D eigenvalue weighted by Gasteiger charge is -2.15. The zero-order valence-corrected chi connectivity index (χ0v) is 17.1. The van der Waals surface area contributed by atoms with E-state index in [0.29, 0.717) is 17.2 Å². The molecule has 0 saturated carbocycles. The molecule has 0 aliphatic rings. The van der Waals surface area contributed by atoms with Gasteiger partial charge in [-0.2, -0.15) is 0 Å². The highest BCUT2D eigenvalue weighted by molar-refractivity contribution is 6.01. The highest BCUT2D eigenvalue weighted by atomic mass is 16.5. The van der Waals surface area contributed by atoms with Crippen LogP contribution in [0.25, 0.3) is 22.0 Å². The molecular formula is C24H21N3O4. The van der Waals surface area contributed by atoms with Crippen LogP contribution in [0.4, 0.5) is 0 Å². The van der Waals surface area contributed by atoms with Crippen molar-refractivity contribution < 1.29 is 18.8 Å². The van der Waals surface area contributed by atoms with Crippen molar-refractivity contribution in [1.29, 1.82) is 0 Å². The summed E-state index contributed by atoms with van der Waals surface area (Å²) in [5.41, 5.74) is 6.22. The van der Waals surface area contributed by atoms with E-state index >= 15 is 0 Å². The largest absolute Gasteiger partial charge is 0.481 e. The number of benzene rings is 3. The fourth-order valence-corrected chi connectivity index (χ4v) is 3.21. The number of hydrogen-bond acceptors (Lipinski definition) is 5. The summed E-state index contributed by atoms with van der Waals surface area (Å²) in [6.45, 7) is 3.25. The lowest BCUT2D eigenvalue weighted by molar-refractivity contribution is -0.128. The Kier molecular flexibility index (Phi) is 5.66. The first kappa shape index (κ1) is 20.2. The lowest BCUT2D eigenvalue weighted by Crippen LogP contribution is -2.47. The van der Waals surface area contributed by atoms with Crippen molar-refractivity contribution in [3.05, 3.63) is 84.1 Å². The molecule has 1 atom stereocenters. The average Bonchev–Trinajstić information content (AvgIpc) is 3.19. The van der Waals surface area contributed by atoms with Crippen LogP contribution >= 0.6 is 0 Å². The number of carbonyl (C=O) groups is 2. The molecule has 2 amide bonds. The van der Waals surface area contributed by atoms with E-state index in [1.807, 2.05) is 66.7 Å². The maximum atomic E-state index is 12.7. The SMILES string of the molecule is Cc1onc(-c2ccccc2)c1C(=O)NNC(=O)C(C)Oc1ccc2ccccc2c1. The highest BCUT2D eigenvalue weighted by Gasteiger charge is 2.23. The minimum atomic E-state index is -0.821. The molecule has 4 rings (SSSR count). The number of amides is 2. The smallest absolute Gasteiger partial charge is 0.279 e. The molecule has 0 bridgehead atoms. The zero-order chi connectivity index (χ0) is 21.8. The topological polar surface area (TPSA) is 93.5 Å². The zero-order valence-electron chi connectivity index (χ0n) is 17.1. The number of nitrogens with zero attached hydrogens (tertiary/aromatic N) is 1. The minimum Gasteiger partial charge on any atom is -0.481 e. The first-order valence-corrected chi connectivity index (χ1v) is 9.80. The molecule has 0 fully saturated rings. The van der Waals surface area contributed by atoms with E-state index in [4.69, 9.17) is 9.26 Å². The van der Waals surface area contributed by atoms with Gasteiger partial charge in [0.25, 0.3) is 11.8 Å². The molecule has 7 nitrogen and oxygen atoms in total. The summed E-state index contributed by atoms with van der Waals surface area (Å²) >= 11 is 0. The third kappa shape index (κ3) is 4.40. The molecule has 31 heavy (non-hydrogen) atoms. The van der Waals surface area contributed by atoms with Gasteiger partial charge >= 0.3 is 0 Å². The number of aromatic nitrogens is 1. The molecule has 2 N–H and O–H groups in total. The van der Waals surface area contributed by atoms with Crippen LogP contribution in [0.1, 0.15) is 23.0 Å². The van der Waals surface area contributed by atoms with Crippen molar-refractivity contribution >= 4 is 22.6 Å². The Bertz CT molecular complexity index is 1230. The van der Waals surface area contributed by atoms with Gasteiger partial charge in [0.2, 0.25) is 0 Å².